The molecule has 2 unspecified atom stereocenters. The van der Waals surface area contributed by atoms with E-state index in [1.54, 1.807) is 0 Å². The Hall–Kier alpha value is -1.66. The number of hydrogen-bond donors (Lipinski definition) is 3. The number of ether oxygens (including phenoxy) is 1. The Labute approximate surface area is 475 Å². The summed E-state index contributed by atoms with van der Waals surface area (Å²) in [5.41, 5.74) is 0. The van der Waals surface area contributed by atoms with E-state index in [4.69, 9.17) is 4.74 Å². The zero-order valence-electron chi connectivity index (χ0n) is 51.5. The number of rotatable bonds is 65. The van der Waals surface area contributed by atoms with E-state index in [-0.39, 0.29) is 18.5 Å². The maximum Gasteiger partial charge on any atom is 0.305 e. The number of amides is 1. The van der Waals surface area contributed by atoms with Crippen molar-refractivity contribution in [3.8, 4) is 0 Å². The monoisotopic (exact) mass is 1070 g/mol. The molecule has 0 heterocycles. The van der Waals surface area contributed by atoms with Gasteiger partial charge in [-0.1, -0.05) is 340 Å². The summed E-state index contributed by atoms with van der Waals surface area (Å²) in [6.45, 7) is 4.95. The molecule has 3 N–H and O–H groups in total. The summed E-state index contributed by atoms with van der Waals surface area (Å²) in [5.74, 6) is -0.0308. The molecule has 0 aliphatic carbocycles. The fourth-order valence-electron chi connectivity index (χ4n) is 11.0. The Morgan fingerprint density at radius 1 is 0.368 bits per heavy atom. The predicted molar refractivity (Wildman–Crippen MR) is 333 cm³/mol. The minimum Gasteiger partial charge on any atom is -0.466 e. The van der Waals surface area contributed by atoms with E-state index in [1.165, 1.54) is 302 Å². The third-order valence-corrected chi connectivity index (χ3v) is 16.3. The number of esters is 1. The van der Waals surface area contributed by atoms with Crippen LogP contribution < -0.4 is 5.32 Å². The molecule has 0 aliphatic heterocycles. The van der Waals surface area contributed by atoms with Crippen molar-refractivity contribution in [2.45, 2.75) is 398 Å². The maximum atomic E-state index is 12.5. The first-order valence-electron chi connectivity index (χ1n) is 34.6. The van der Waals surface area contributed by atoms with Gasteiger partial charge in [0.05, 0.1) is 25.4 Å². The van der Waals surface area contributed by atoms with Crippen LogP contribution in [0.25, 0.3) is 0 Å². The van der Waals surface area contributed by atoms with E-state index < -0.39 is 12.1 Å². The van der Waals surface area contributed by atoms with E-state index in [0.29, 0.717) is 25.9 Å². The van der Waals surface area contributed by atoms with Crippen molar-refractivity contribution in [2.24, 2.45) is 0 Å². The van der Waals surface area contributed by atoms with Crippen molar-refractivity contribution in [3.05, 3.63) is 24.3 Å². The van der Waals surface area contributed by atoms with Crippen LogP contribution in [0, 0.1) is 0 Å². The number of aliphatic hydroxyl groups excluding tert-OH is 2. The predicted octanol–water partition coefficient (Wildman–Crippen LogP) is 22.1. The van der Waals surface area contributed by atoms with Gasteiger partial charge in [0.2, 0.25) is 5.91 Å². The molecule has 0 aromatic carbocycles. The maximum absolute atomic E-state index is 12.5. The molecule has 0 saturated carbocycles. The van der Waals surface area contributed by atoms with Gasteiger partial charge in [0.15, 0.2) is 0 Å². The SMILES string of the molecule is CCCCC/C=C\C/C=C\CCCCCCCC(=O)OCCCCCCCCCCCCCCCCCCCCCCCCC(=O)NC(CO)C(O)CCCCCCCCCCCCCCCCCCCCCCCC. The first-order valence-corrected chi connectivity index (χ1v) is 34.6. The van der Waals surface area contributed by atoms with Crippen LogP contribution in [0.4, 0.5) is 0 Å². The molecule has 0 spiro atoms. The van der Waals surface area contributed by atoms with Crippen molar-refractivity contribution in [1.29, 1.82) is 0 Å². The topological polar surface area (TPSA) is 95.9 Å². The second-order valence-electron chi connectivity index (χ2n) is 23.9. The summed E-state index contributed by atoms with van der Waals surface area (Å²) in [6, 6.07) is -0.543. The van der Waals surface area contributed by atoms with E-state index in [1.807, 2.05) is 0 Å². The van der Waals surface area contributed by atoms with Crippen LogP contribution in [-0.4, -0.2) is 47.4 Å². The largest absolute Gasteiger partial charge is 0.466 e. The number of unbranched alkanes of at least 4 members (excludes halogenated alkanes) is 50. The van der Waals surface area contributed by atoms with Gasteiger partial charge in [-0.2, -0.15) is 0 Å². The highest BCUT2D eigenvalue weighted by molar-refractivity contribution is 5.76. The van der Waals surface area contributed by atoms with Crippen molar-refractivity contribution < 1.29 is 24.5 Å². The molecule has 76 heavy (non-hydrogen) atoms. The van der Waals surface area contributed by atoms with E-state index in [0.717, 1.165) is 51.4 Å². The molecule has 2 atom stereocenters. The van der Waals surface area contributed by atoms with Crippen molar-refractivity contribution in [3.63, 3.8) is 0 Å². The Bertz CT molecular complexity index is 1190. The van der Waals surface area contributed by atoms with Crippen LogP contribution >= 0.6 is 0 Å². The molecule has 0 aromatic rings. The lowest BCUT2D eigenvalue weighted by Gasteiger charge is -2.22. The van der Waals surface area contributed by atoms with Crippen LogP contribution in [0.1, 0.15) is 386 Å². The lowest BCUT2D eigenvalue weighted by molar-refractivity contribution is -0.143. The first kappa shape index (κ1) is 74.3. The zero-order chi connectivity index (χ0) is 55.0. The fraction of sp³-hybridized carbons (Fsp3) is 0.914. The minimum atomic E-state index is -0.666. The molecular formula is C70H135NO5. The zero-order valence-corrected chi connectivity index (χ0v) is 51.5. The quantitative estimate of drug-likeness (QED) is 0.0320. The van der Waals surface area contributed by atoms with E-state index in [2.05, 4.69) is 43.5 Å². The summed E-state index contributed by atoms with van der Waals surface area (Å²) in [4.78, 5) is 24.6. The molecule has 0 bridgehead atoms. The molecule has 6 heteroatoms. The van der Waals surface area contributed by atoms with Crippen molar-refractivity contribution >= 4 is 11.9 Å². The van der Waals surface area contributed by atoms with Gasteiger partial charge >= 0.3 is 5.97 Å². The Balaban J connectivity index is 3.38. The van der Waals surface area contributed by atoms with Gasteiger partial charge in [-0.25, -0.2) is 0 Å². The molecule has 450 valence electrons. The van der Waals surface area contributed by atoms with Gasteiger partial charge in [0.1, 0.15) is 0 Å². The second kappa shape index (κ2) is 65.9. The van der Waals surface area contributed by atoms with Crippen LogP contribution in [-0.2, 0) is 14.3 Å². The summed E-state index contributed by atoms with van der Waals surface area (Å²) >= 11 is 0. The van der Waals surface area contributed by atoms with E-state index in [9.17, 15) is 19.8 Å². The minimum absolute atomic E-state index is 0.000172. The summed E-state index contributed by atoms with van der Waals surface area (Å²) in [5, 5.41) is 23.4. The molecule has 6 nitrogen and oxygen atoms in total. The van der Waals surface area contributed by atoms with Gasteiger partial charge in [0, 0.05) is 12.8 Å². The van der Waals surface area contributed by atoms with Crippen LogP contribution in [0.5, 0.6) is 0 Å². The lowest BCUT2D eigenvalue weighted by Crippen LogP contribution is -2.45. The van der Waals surface area contributed by atoms with Gasteiger partial charge < -0.3 is 20.3 Å². The second-order valence-corrected chi connectivity index (χ2v) is 23.9. The van der Waals surface area contributed by atoms with E-state index >= 15 is 0 Å². The third-order valence-electron chi connectivity index (χ3n) is 16.3. The summed E-state index contributed by atoms with van der Waals surface area (Å²) in [6.07, 6.45) is 82.1. The average molecular weight is 1070 g/mol. The highest BCUT2D eigenvalue weighted by Crippen LogP contribution is 2.19. The smallest absolute Gasteiger partial charge is 0.305 e. The Morgan fingerprint density at radius 2 is 0.658 bits per heavy atom. The average Bonchev–Trinajstić information content (AvgIpc) is 3.42. The molecule has 0 rings (SSSR count). The molecule has 1 amide bonds. The fourth-order valence-corrected chi connectivity index (χ4v) is 11.0. The molecule has 0 aliphatic rings. The molecule has 0 radical (unpaired) electrons. The summed E-state index contributed by atoms with van der Waals surface area (Å²) < 4.78 is 5.48. The van der Waals surface area contributed by atoms with Crippen molar-refractivity contribution in [1.82, 2.24) is 5.32 Å². The van der Waals surface area contributed by atoms with Crippen LogP contribution in [0.2, 0.25) is 0 Å². The first-order chi connectivity index (χ1) is 37.5. The standard InChI is InChI=1S/C70H135NO5/c1-3-5-7-9-11-13-15-17-19-20-21-22-25-28-31-35-38-42-46-50-54-58-62-68(73)67(66-72)71-69(74)63-59-55-51-47-43-39-36-32-29-26-23-24-27-30-33-37-41-45-49-53-57-61-65-76-70(75)64-60-56-52-48-44-40-34-18-16-14-12-10-8-6-4-2/h12,14,18,34,67-68,72-73H,3-11,13,15-17,19-33,35-66H2,1-2H3,(H,71,74)/b14-12-,34-18-. The van der Waals surface area contributed by atoms with Gasteiger partial charge in [-0.3, -0.25) is 9.59 Å². The van der Waals surface area contributed by atoms with Crippen LogP contribution in [0.3, 0.4) is 0 Å². The van der Waals surface area contributed by atoms with Gasteiger partial charge in [-0.05, 0) is 57.8 Å². The number of aliphatic hydroxyl groups is 2. The number of carbonyl (C=O) groups is 2. The number of carbonyl (C=O) groups excluding carboxylic acids is 2. The lowest BCUT2D eigenvalue weighted by atomic mass is 10.0. The van der Waals surface area contributed by atoms with Gasteiger partial charge in [-0.15, -0.1) is 0 Å². The van der Waals surface area contributed by atoms with Gasteiger partial charge in [0.25, 0.3) is 0 Å². The number of hydrogen-bond acceptors (Lipinski definition) is 5. The third kappa shape index (κ3) is 61.6. The summed E-state index contributed by atoms with van der Waals surface area (Å²) in [7, 11) is 0. The number of allylic oxidation sites excluding steroid dienone is 4. The molecule has 0 aromatic heterocycles. The molecule has 0 fully saturated rings. The van der Waals surface area contributed by atoms with Crippen molar-refractivity contribution in [2.75, 3.05) is 13.2 Å². The van der Waals surface area contributed by atoms with Crippen LogP contribution in [0.15, 0.2) is 24.3 Å². The highest BCUT2D eigenvalue weighted by Gasteiger charge is 2.20. The molecule has 0 saturated heterocycles. The Morgan fingerprint density at radius 3 is 1.03 bits per heavy atom. The number of nitrogens with one attached hydrogen (secondary N) is 1. The Kier molecular flexibility index (Phi) is 64.4. The highest BCUT2D eigenvalue weighted by atomic mass is 16.5. The normalized spacial score (nSPS) is 12.6. The molecular weight excluding hydrogens is 935 g/mol.